The van der Waals surface area contributed by atoms with Crippen LogP contribution >= 0.6 is 22.9 Å². The highest BCUT2D eigenvalue weighted by atomic mass is 35.5. The van der Waals surface area contributed by atoms with Gasteiger partial charge in [0.15, 0.2) is 5.13 Å². The first kappa shape index (κ1) is 18.7. The molecule has 1 aliphatic rings. The van der Waals surface area contributed by atoms with Gasteiger partial charge in [-0.3, -0.25) is 9.59 Å². The van der Waals surface area contributed by atoms with E-state index in [-0.39, 0.29) is 24.2 Å². The minimum Gasteiger partial charge on any atom is -0.467 e. The molecule has 1 N–H and O–H groups in total. The Bertz CT molecular complexity index is 969. The number of halogens is 1. The molecule has 6 nitrogen and oxygen atoms in total. The van der Waals surface area contributed by atoms with E-state index in [1.807, 2.05) is 30.3 Å². The van der Waals surface area contributed by atoms with Crippen LogP contribution in [-0.4, -0.2) is 28.2 Å². The fourth-order valence-electron chi connectivity index (χ4n) is 3.15. The zero-order valence-corrected chi connectivity index (χ0v) is 16.5. The van der Waals surface area contributed by atoms with Gasteiger partial charge >= 0.3 is 0 Å². The Morgan fingerprint density at radius 2 is 2.14 bits per heavy atom. The Balaban J connectivity index is 1.33. The number of benzene rings is 1. The molecule has 1 fully saturated rings. The number of nitrogens with zero attached hydrogens (tertiary/aromatic N) is 2. The summed E-state index contributed by atoms with van der Waals surface area (Å²) in [5.41, 5.74) is 1.13. The Morgan fingerprint density at radius 1 is 1.32 bits per heavy atom. The fourth-order valence-corrected chi connectivity index (χ4v) is 4.12. The van der Waals surface area contributed by atoms with E-state index < -0.39 is 0 Å². The fraction of sp³-hybridized carbons (Fsp3) is 0.250. The second kappa shape index (κ2) is 8.16. The molecule has 4 rings (SSSR count). The van der Waals surface area contributed by atoms with E-state index in [4.69, 9.17) is 16.0 Å². The highest BCUT2D eigenvalue weighted by Gasteiger charge is 2.34. The average Bonchev–Trinajstić information content (AvgIpc) is 3.41. The number of furan rings is 1. The van der Waals surface area contributed by atoms with Crippen molar-refractivity contribution in [3.05, 3.63) is 70.1 Å². The normalized spacial score (nSPS) is 16.5. The van der Waals surface area contributed by atoms with E-state index in [1.54, 1.807) is 23.4 Å². The summed E-state index contributed by atoms with van der Waals surface area (Å²) in [4.78, 5) is 31.7. The standard InChI is InChI=1S/C20H18ClN3O3S/c21-15-5-3-13(4-6-15)8-17-10-22-20(28-17)23-19(26)14-9-18(25)24(11-14)12-16-2-1-7-27-16/h1-7,10,14H,8-9,11-12H2,(H,22,23,26). The molecule has 3 heterocycles. The molecule has 8 heteroatoms. The van der Waals surface area contributed by atoms with Crippen molar-refractivity contribution in [3.63, 3.8) is 0 Å². The number of nitrogens with one attached hydrogen (secondary N) is 1. The molecule has 1 aliphatic heterocycles. The number of carbonyl (C=O) groups is 2. The first-order chi connectivity index (χ1) is 13.6. The summed E-state index contributed by atoms with van der Waals surface area (Å²) in [6.07, 6.45) is 4.27. The smallest absolute Gasteiger partial charge is 0.231 e. The number of carbonyl (C=O) groups excluding carboxylic acids is 2. The van der Waals surface area contributed by atoms with Gasteiger partial charge in [-0.05, 0) is 29.8 Å². The van der Waals surface area contributed by atoms with Crippen LogP contribution in [0.4, 0.5) is 5.13 Å². The second-order valence-electron chi connectivity index (χ2n) is 6.68. The number of hydrogen-bond acceptors (Lipinski definition) is 5. The van der Waals surface area contributed by atoms with Crippen molar-refractivity contribution in [1.29, 1.82) is 0 Å². The number of amides is 2. The summed E-state index contributed by atoms with van der Waals surface area (Å²) in [5.74, 6) is 0.106. The molecule has 1 unspecified atom stereocenters. The molecule has 1 atom stereocenters. The zero-order chi connectivity index (χ0) is 19.5. The van der Waals surface area contributed by atoms with Crippen molar-refractivity contribution in [3.8, 4) is 0 Å². The van der Waals surface area contributed by atoms with Crippen LogP contribution in [-0.2, 0) is 22.6 Å². The largest absolute Gasteiger partial charge is 0.467 e. The van der Waals surface area contributed by atoms with E-state index >= 15 is 0 Å². The van der Waals surface area contributed by atoms with Crippen LogP contribution in [0.3, 0.4) is 0 Å². The Hall–Kier alpha value is -2.64. The number of aromatic nitrogens is 1. The average molecular weight is 416 g/mol. The van der Waals surface area contributed by atoms with Gasteiger partial charge in [-0.15, -0.1) is 11.3 Å². The highest BCUT2D eigenvalue weighted by Crippen LogP contribution is 2.25. The number of likely N-dealkylation sites (tertiary alicyclic amines) is 1. The van der Waals surface area contributed by atoms with Crippen LogP contribution in [0.2, 0.25) is 5.02 Å². The summed E-state index contributed by atoms with van der Waals surface area (Å²) < 4.78 is 5.28. The maximum Gasteiger partial charge on any atom is 0.231 e. The first-order valence-corrected chi connectivity index (χ1v) is 10.1. The van der Waals surface area contributed by atoms with Gasteiger partial charge < -0.3 is 14.6 Å². The quantitative estimate of drug-likeness (QED) is 0.661. The third-order valence-corrected chi connectivity index (χ3v) is 5.75. The molecule has 0 saturated carbocycles. The van der Waals surface area contributed by atoms with E-state index in [0.717, 1.165) is 16.9 Å². The van der Waals surface area contributed by atoms with Crippen molar-refractivity contribution in [1.82, 2.24) is 9.88 Å². The molecule has 144 valence electrons. The van der Waals surface area contributed by atoms with Crippen LogP contribution in [0, 0.1) is 5.92 Å². The van der Waals surface area contributed by atoms with Crippen LogP contribution < -0.4 is 5.32 Å². The van der Waals surface area contributed by atoms with Crippen molar-refractivity contribution in [2.24, 2.45) is 5.92 Å². The third-order valence-electron chi connectivity index (χ3n) is 4.59. The third kappa shape index (κ3) is 4.43. The SMILES string of the molecule is O=C(Nc1ncc(Cc2ccc(Cl)cc2)s1)C1CC(=O)N(Cc2ccco2)C1. The van der Waals surface area contributed by atoms with Gasteiger partial charge in [0, 0.05) is 35.5 Å². The van der Waals surface area contributed by atoms with Gasteiger partial charge in [0.05, 0.1) is 18.7 Å². The van der Waals surface area contributed by atoms with Crippen LogP contribution in [0.1, 0.15) is 22.6 Å². The molecule has 3 aromatic rings. The maximum atomic E-state index is 12.6. The van der Waals surface area contributed by atoms with Crippen LogP contribution in [0.15, 0.2) is 53.3 Å². The lowest BCUT2D eigenvalue weighted by molar-refractivity contribution is -0.128. The molecule has 0 aliphatic carbocycles. The lowest BCUT2D eigenvalue weighted by atomic mass is 10.1. The minimum atomic E-state index is -0.383. The van der Waals surface area contributed by atoms with Gasteiger partial charge in [0.2, 0.25) is 11.8 Å². The summed E-state index contributed by atoms with van der Waals surface area (Å²) >= 11 is 7.34. The summed E-state index contributed by atoms with van der Waals surface area (Å²) in [5, 5.41) is 4.09. The van der Waals surface area contributed by atoms with Gasteiger partial charge in [0.1, 0.15) is 5.76 Å². The van der Waals surface area contributed by atoms with Crippen LogP contribution in [0.25, 0.3) is 0 Å². The molecular formula is C20H18ClN3O3S. The van der Waals surface area contributed by atoms with E-state index in [0.29, 0.717) is 29.0 Å². The van der Waals surface area contributed by atoms with Crippen molar-refractivity contribution in [2.75, 3.05) is 11.9 Å². The van der Waals surface area contributed by atoms with Crippen molar-refractivity contribution in [2.45, 2.75) is 19.4 Å². The van der Waals surface area contributed by atoms with Gasteiger partial charge in [-0.2, -0.15) is 0 Å². The molecular weight excluding hydrogens is 398 g/mol. The number of rotatable bonds is 6. The predicted octanol–water partition coefficient (Wildman–Crippen LogP) is 3.97. The van der Waals surface area contributed by atoms with Gasteiger partial charge in [-0.1, -0.05) is 23.7 Å². The monoisotopic (exact) mass is 415 g/mol. The zero-order valence-electron chi connectivity index (χ0n) is 14.9. The predicted molar refractivity (Wildman–Crippen MR) is 107 cm³/mol. The Kier molecular flexibility index (Phi) is 5.45. The molecule has 0 radical (unpaired) electrons. The maximum absolute atomic E-state index is 12.6. The lowest BCUT2D eigenvalue weighted by Gasteiger charge is -2.14. The molecule has 2 aromatic heterocycles. The first-order valence-electron chi connectivity index (χ1n) is 8.87. The van der Waals surface area contributed by atoms with E-state index in [9.17, 15) is 9.59 Å². The molecule has 1 aromatic carbocycles. The Labute approximate surface area is 171 Å². The summed E-state index contributed by atoms with van der Waals surface area (Å²) in [6.45, 7) is 0.770. The molecule has 28 heavy (non-hydrogen) atoms. The topological polar surface area (TPSA) is 75.4 Å². The molecule has 0 bridgehead atoms. The van der Waals surface area contributed by atoms with Crippen LogP contribution in [0.5, 0.6) is 0 Å². The number of thiazole rings is 1. The van der Waals surface area contributed by atoms with Crippen molar-refractivity contribution < 1.29 is 14.0 Å². The highest BCUT2D eigenvalue weighted by molar-refractivity contribution is 7.15. The number of anilines is 1. The summed E-state index contributed by atoms with van der Waals surface area (Å²) in [7, 11) is 0. The minimum absolute atomic E-state index is 0.0425. The lowest BCUT2D eigenvalue weighted by Crippen LogP contribution is -2.27. The molecule has 1 saturated heterocycles. The van der Waals surface area contributed by atoms with Gasteiger partial charge in [-0.25, -0.2) is 4.98 Å². The van der Waals surface area contributed by atoms with E-state index in [1.165, 1.54) is 11.3 Å². The Morgan fingerprint density at radius 3 is 2.89 bits per heavy atom. The summed E-state index contributed by atoms with van der Waals surface area (Å²) in [6, 6.07) is 11.2. The number of hydrogen-bond donors (Lipinski definition) is 1. The molecule has 0 spiro atoms. The molecule has 2 amide bonds. The van der Waals surface area contributed by atoms with E-state index in [2.05, 4.69) is 10.3 Å². The second-order valence-corrected chi connectivity index (χ2v) is 8.23. The van der Waals surface area contributed by atoms with Crippen molar-refractivity contribution >= 4 is 39.9 Å². The van der Waals surface area contributed by atoms with Gasteiger partial charge in [0.25, 0.3) is 0 Å².